The van der Waals surface area contributed by atoms with Crippen molar-refractivity contribution < 1.29 is 5.11 Å². The molecule has 0 fully saturated rings. The summed E-state index contributed by atoms with van der Waals surface area (Å²) in [6.07, 6.45) is 5.96. The minimum atomic E-state index is -1.45. The zero-order chi connectivity index (χ0) is 21.4. The highest BCUT2D eigenvalue weighted by molar-refractivity contribution is 6.89. The molecule has 2 heteroatoms. The van der Waals surface area contributed by atoms with Crippen molar-refractivity contribution in [3.8, 4) is 22.3 Å². The summed E-state index contributed by atoms with van der Waals surface area (Å²) in [5.74, 6) is 0. The molecular weight excluding hydrogens is 380 g/mol. The number of rotatable bonds is 10. The minimum Gasteiger partial charge on any atom is -0.396 e. The van der Waals surface area contributed by atoms with Crippen LogP contribution in [0.25, 0.3) is 22.3 Å². The summed E-state index contributed by atoms with van der Waals surface area (Å²) in [5.41, 5.74) is 6.52. The SMILES string of the molecule is CCCCCc1ccc(-c2ccc(-c3ccc([Si](C)(C)CCCO)cc3)cc2)cc1. The lowest BCUT2D eigenvalue weighted by Gasteiger charge is -2.22. The summed E-state index contributed by atoms with van der Waals surface area (Å²) in [7, 11) is -1.45. The van der Waals surface area contributed by atoms with Crippen LogP contribution in [0.1, 0.15) is 38.2 Å². The molecular formula is C28H36OSi. The third kappa shape index (κ3) is 5.93. The number of aliphatic hydroxyl groups excluding tert-OH is 1. The van der Waals surface area contributed by atoms with E-state index in [0.717, 1.165) is 12.5 Å². The quantitative estimate of drug-likeness (QED) is 0.277. The van der Waals surface area contributed by atoms with Crippen LogP contribution in [0.15, 0.2) is 72.8 Å². The van der Waals surface area contributed by atoms with E-state index in [1.165, 1.54) is 58.7 Å². The molecule has 0 amide bonds. The highest BCUT2D eigenvalue weighted by Crippen LogP contribution is 2.25. The van der Waals surface area contributed by atoms with Crippen molar-refractivity contribution >= 4 is 13.3 Å². The first-order valence-electron chi connectivity index (χ1n) is 11.4. The maximum absolute atomic E-state index is 9.15. The van der Waals surface area contributed by atoms with Gasteiger partial charge in [0.05, 0.1) is 8.07 Å². The summed E-state index contributed by atoms with van der Waals surface area (Å²) in [6, 6.07) is 28.2. The third-order valence-electron chi connectivity index (χ3n) is 6.20. The summed E-state index contributed by atoms with van der Waals surface area (Å²) in [5, 5.41) is 10.6. The molecule has 0 spiro atoms. The normalized spacial score (nSPS) is 11.6. The van der Waals surface area contributed by atoms with E-state index in [1.807, 2.05) is 0 Å². The Balaban J connectivity index is 1.68. The van der Waals surface area contributed by atoms with E-state index >= 15 is 0 Å². The van der Waals surface area contributed by atoms with Gasteiger partial charge >= 0.3 is 0 Å². The molecule has 3 aromatic carbocycles. The molecule has 0 atom stereocenters. The molecule has 0 aromatic heterocycles. The van der Waals surface area contributed by atoms with Gasteiger partial charge in [-0.05, 0) is 47.1 Å². The number of benzene rings is 3. The second kappa shape index (κ2) is 10.7. The average Bonchev–Trinajstić information content (AvgIpc) is 2.79. The van der Waals surface area contributed by atoms with Crippen LogP contribution in [-0.2, 0) is 6.42 Å². The molecule has 0 bridgehead atoms. The van der Waals surface area contributed by atoms with Crippen LogP contribution in [0.4, 0.5) is 0 Å². The van der Waals surface area contributed by atoms with Crippen molar-refractivity contribution in [1.29, 1.82) is 0 Å². The van der Waals surface area contributed by atoms with E-state index in [2.05, 4.69) is 92.8 Å². The highest BCUT2D eigenvalue weighted by atomic mass is 28.3. The summed E-state index contributed by atoms with van der Waals surface area (Å²) >= 11 is 0. The predicted octanol–water partition coefficient (Wildman–Crippen LogP) is 7.05. The number of aliphatic hydroxyl groups is 1. The topological polar surface area (TPSA) is 20.2 Å². The highest BCUT2D eigenvalue weighted by Gasteiger charge is 2.22. The van der Waals surface area contributed by atoms with E-state index in [1.54, 1.807) is 0 Å². The smallest absolute Gasteiger partial charge is 0.0807 e. The van der Waals surface area contributed by atoms with Crippen LogP contribution in [0.2, 0.25) is 19.1 Å². The molecule has 158 valence electrons. The van der Waals surface area contributed by atoms with Crippen molar-refractivity contribution in [3.05, 3.63) is 78.4 Å². The van der Waals surface area contributed by atoms with Crippen LogP contribution < -0.4 is 5.19 Å². The van der Waals surface area contributed by atoms with Gasteiger partial charge in [0.2, 0.25) is 0 Å². The lowest BCUT2D eigenvalue weighted by molar-refractivity contribution is 0.294. The maximum Gasteiger partial charge on any atom is 0.0807 e. The summed E-state index contributed by atoms with van der Waals surface area (Å²) in [4.78, 5) is 0. The monoisotopic (exact) mass is 416 g/mol. The number of aryl methyl sites for hydroxylation is 1. The molecule has 1 N–H and O–H groups in total. The molecule has 0 unspecified atom stereocenters. The average molecular weight is 417 g/mol. The first-order chi connectivity index (χ1) is 14.5. The van der Waals surface area contributed by atoms with E-state index in [-0.39, 0.29) is 0 Å². The van der Waals surface area contributed by atoms with E-state index < -0.39 is 8.07 Å². The van der Waals surface area contributed by atoms with Crippen molar-refractivity contribution in [2.24, 2.45) is 0 Å². The zero-order valence-corrected chi connectivity index (χ0v) is 19.8. The molecule has 0 aliphatic rings. The molecule has 0 aliphatic carbocycles. The van der Waals surface area contributed by atoms with Crippen LogP contribution in [-0.4, -0.2) is 19.8 Å². The number of hydrogen-bond donors (Lipinski definition) is 1. The molecule has 0 heterocycles. The van der Waals surface area contributed by atoms with E-state index in [0.29, 0.717) is 6.61 Å². The van der Waals surface area contributed by atoms with Crippen molar-refractivity contribution in [2.75, 3.05) is 6.61 Å². The van der Waals surface area contributed by atoms with Gasteiger partial charge in [-0.3, -0.25) is 0 Å². The van der Waals surface area contributed by atoms with Gasteiger partial charge in [-0.15, -0.1) is 0 Å². The molecule has 30 heavy (non-hydrogen) atoms. The second-order valence-corrected chi connectivity index (χ2v) is 13.9. The summed E-state index contributed by atoms with van der Waals surface area (Å²) in [6.45, 7) is 7.33. The fourth-order valence-corrected chi connectivity index (χ4v) is 6.48. The molecule has 0 aliphatic heterocycles. The fourth-order valence-electron chi connectivity index (χ4n) is 4.08. The Morgan fingerprint density at radius 3 is 1.57 bits per heavy atom. The van der Waals surface area contributed by atoms with Crippen molar-refractivity contribution in [3.63, 3.8) is 0 Å². The van der Waals surface area contributed by atoms with Crippen molar-refractivity contribution in [2.45, 2.75) is 58.2 Å². The lowest BCUT2D eigenvalue weighted by Crippen LogP contribution is -2.41. The van der Waals surface area contributed by atoms with Gasteiger partial charge in [-0.1, -0.05) is 117 Å². The summed E-state index contributed by atoms with van der Waals surface area (Å²) < 4.78 is 0. The lowest BCUT2D eigenvalue weighted by atomic mass is 9.98. The Morgan fingerprint density at radius 1 is 0.633 bits per heavy atom. The molecule has 3 aromatic rings. The molecule has 3 rings (SSSR count). The van der Waals surface area contributed by atoms with Crippen molar-refractivity contribution in [1.82, 2.24) is 0 Å². The predicted molar refractivity (Wildman–Crippen MR) is 134 cm³/mol. The van der Waals surface area contributed by atoms with Gasteiger partial charge in [-0.2, -0.15) is 0 Å². The van der Waals surface area contributed by atoms with Gasteiger partial charge < -0.3 is 5.11 Å². The largest absolute Gasteiger partial charge is 0.396 e. The third-order valence-corrected chi connectivity index (χ3v) is 9.70. The maximum atomic E-state index is 9.15. The Kier molecular flexibility index (Phi) is 8.06. The first kappa shape index (κ1) is 22.5. The molecule has 0 radical (unpaired) electrons. The zero-order valence-electron chi connectivity index (χ0n) is 18.8. The Bertz CT molecular complexity index is 893. The Hall–Kier alpha value is -2.16. The van der Waals surface area contributed by atoms with E-state index in [9.17, 15) is 0 Å². The standard InChI is InChI=1S/C28H36OSi/c1-4-5-6-8-23-9-11-24(12-10-23)25-13-15-26(16-14-25)27-17-19-28(20-18-27)30(2,3)22-7-21-29/h9-20,29H,4-8,21-22H2,1-3H3. The fraction of sp³-hybridized carbons (Fsp3) is 0.357. The Morgan fingerprint density at radius 2 is 1.10 bits per heavy atom. The molecule has 0 saturated carbocycles. The van der Waals surface area contributed by atoms with Crippen LogP contribution in [0, 0.1) is 0 Å². The number of hydrogen-bond acceptors (Lipinski definition) is 1. The van der Waals surface area contributed by atoms with E-state index in [4.69, 9.17) is 5.11 Å². The van der Waals surface area contributed by atoms with Gasteiger partial charge in [0.15, 0.2) is 0 Å². The van der Waals surface area contributed by atoms with Gasteiger partial charge in [0, 0.05) is 6.61 Å². The minimum absolute atomic E-state index is 0.294. The van der Waals surface area contributed by atoms with Crippen LogP contribution in [0.3, 0.4) is 0 Å². The first-order valence-corrected chi connectivity index (χ1v) is 14.7. The Labute approximate surface area is 183 Å². The molecule has 1 nitrogen and oxygen atoms in total. The number of unbranched alkanes of at least 4 members (excludes halogenated alkanes) is 2. The molecule has 0 saturated heterocycles. The second-order valence-electron chi connectivity index (χ2n) is 9.02. The van der Waals surface area contributed by atoms with Crippen LogP contribution in [0.5, 0.6) is 0 Å². The van der Waals surface area contributed by atoms with Gasteiger partial charge in [-0.25, -0.2) is 0 Å². The van der Waals surface area contributed by atoms with Gasteiger partial charge in [0.1, 0.15) is 0 Å². The van der Waals surface area contributed by atoms with Gasteiger partial charge in [0.25, 0.3) is 0 Å². The van der Waals surface area contributed by atoms with Crippen LogP contribution >= 0.6 is 0 Å².